The van der Waals surface area contributed by atoms with Gasteiger partial charge in [-0.3, -0.25) is 14.9 Å². The number of carbonyl (C=O) groups excluding carboxylic acids is 1. The number of ketones is 1. The van der Waals surface area contributed by atoms with E-state index in [9.17, 15) is 20.0 Å². The van der Waals surface area contributed by atoms with Gasteiger partial charge < -0.3 is 9.84 Å². The Bertz CT molecular complexity index is 844. The molecule has 0 unspecified atom stereocenters. The van der Waals surface area contributed by atoms with Crippen molar-refractivity contribution in [2.24, 2.45) is 0 Å². The van der Waals surface area contributed by atoms with Crippen molar-refractivity contribution in [1.29, 1.82) is 0 Å². The van der Waals surface area contributed by atoms with Crippen LogP contribution in [0.15, 0.2) is 42.2 Å². The highest BCUT2D eigenvalue weighted by atomic mass is 35.5. The number of hydrogen-bond donors (Lipinski definition) is 1. The summed E-state index contributed by atoms with van der Waals surface area (Å²) in [6.07, 6.45) is 1.39. The number of halogens is 1. The zero-order valence-electron chi connectivity index (χ0n) is 10.9. The number of aromatic hydroxyl groups is 1. The first-order valence-electron chi connectivity index (χ1n) is 6.17. The summed E-state index contributed by atoms with van der Waals surface area (Å²) in [7, 11) is 0. The van der Waals surface area contributed by atoms with Gasteiger partial charge in [-0.1, -0.05) is 17.7 Å². The molecule has 1 heterocycles. The quantitative estimate of drug-likeness (QED) is 0.519. The Kier molecular flexibility index (Phi) is 3.30. The molecule has 0 bridgehead atoms. The van der Waals surface area contributed by atoms with Crippen molar-refractivity contribution >= 4 is 29.1 Å². The summed E-state index contributed by atoms with van der Waals surface area (Å²) in [6, 6.07) is 8.35. The monoisotopic (exact) mass is 317 g/mol. The number of ether oxygens (including phenoxy) is 1. The van der Waals surface area contributed by atoms with Gasteiger partial charge in [0.25, 0.3) is 5.69 Å². The van der Waals surface area contributed by atoms with Crippen LogP contribution in [0, 0.1) is 10.1 Å². The molecule has 0 spiro atoms. The lowest BCUT2D eigenvalue weighted by Gasteiger charge is -2.00. The number of fused-ring (bicyclic) bond motifs is 1. The van der Waals surface area contributed by atoms with Crippen molar-refractivity contribution in [2.75, 3.05) is 0 Å². The predicted octanol–water partition coefficient (Wildman–Crippen LogP) is 3.57. The van der Waals surface area contributed by atoms with Crippen LogP contribution in [0.2, 0.25) is 5.02 Å². The smallest absolute Gasteiger partial charge is 0.288 e. The van der Waals surface area contributed by atoms with Crippen LogP contribution in [0.1, 0.15) is 15.9 Å². The third kappa shape index (κ3) is 2.40. The first-order chi connectivity index (χ1) is 10.5. The lowest BCUT2D eigenvalue weighted by molar-refractivity contribution is -0.384. The number of nitro benzene ring substituents is 1. The highest BCUT2D eigenvalue weighted by molar-refractivity contribution is 6.32. The van der Waals surface area contributed by atoms with Crippen molar-refractivity contribution in [3.05, 3.63) is 68.4 Å². The van der Waals surface area contributed by atoms with Gasteiger partial charge in [0.2, 0.25) is 5.78 Å². The summed E-state index contributed by atoms with van der Waals surface area (Å²) in [6.45, 7) is 0. The molecule has 1 aliphatic heterocycles. The molecule has 0 fully saturated rings. The van der Waals surface area contributed by atoms with Gasteiger partial charge in [-0.15, -0.1) is 0 Å². The molecular weight excluding hydrogens is 310 g/mol. The van der Waals surface area contributed by atoms with Crippen molar-refractivity contribution in [2.45, 2.75) is 0 Å². The van der Waals surface area contributed by atoms with E-state index in [0.29, 0.717) is 11.1 Å². The van der Waals surface area contributed by atoms with E-state index in [2.05, 4.69) is 0 Å². The minimum atomic E-state index is -0.603. The molecule has 0 radical (unpaired) electrons. The molecule has 22 heavy (non-hydrogen) atoms. The van der Waals surface area contributed by atoms with Gasteiger partial charge in [-0.05, 0) is 29.8 Å². The van der Waals surface area contributed by atoms with Crippen LogP contribution in [0.5, 0.6) is 11.5 Å². The first kappa shape index (κ1) is 14.1. The number of benzene rings is 2. The topological polar surface area (TPSA) is 89.7 Å². The van der Waals surface area contributed by atoms with Gasteiger partial charge in [0.1, 0.15) is 16.5 Å². The molecule has 7 heteroatoms. The third-order valence-corrected chi connectivity index (χ3v) is 3.44. The number of nitro groups is 1. The number of Topliss-reactive ketones (excluding diaryl/α,β-unsaturated/α-hetero) is 1. The summed E-state index contributed by atoms with van der Waals surface area (Å²) >= 11 is 5.74. The van der Waals surface area contributed by atoms with E-state index in [4.69, 9.17) is 16.3 Å². The maximum Gasteiger partial charge on any atom is 0.288 e. The average molecular weight is 318 g/mol. The Morgan fingerprint density at radius 2 is 2.00 bits per heavy atom. The molecule has 1 N–H and O–H groups in total. The number of carbonyl (C=O) groups is 1. The molecule has 1 aliphatic rings. The van der Waals surface area contributed by atoms with E-state index in [1.54, 1.807) is 6.07 Å². The van der Waals surface area contributed by atoms with Gasteiger partial charge in [0.15, 0.2) is 5.76 Å². The fraction of sp³-hybridized carbons (Fsp3) is 0. The van der Waals surface area contributed by atoms with E-state index in [1.807, 2.05) is 0 Å². The van der Waals surface area contributed by atoms with Crippen molar-refractivity contribution < 1.29 is 19.6 Å². The van der Waals surface area contributed by atoms with Crippen LogP contribution in [0.4, 0.5) is 5.69 Å². The van der Waals surface area contributed by atoms with Crippen LogP contribution >= 0.6 is 11.6 Å². The lowest BCUT2D eigenvalue weighted by Crippen LogP contribution is -1.98. The maximum absolute atomic E-state index is 12.2. The van der Waals surface area contributed by atoms with Gasteiger partial charge in [-0.2, -0.15) is 0 Å². The van der Waals surface area contributed by atoms with E-state index in [0.717, 1.165) is 0 Å². The molecule has 0 amide bonds. The molecule has 0 aromatic heterocycles. The number of phenols is 1. The molecule has 0 saturated carbocycles. The summed E-state index contributed by atoms with van der Waals surface area (Å²) < 4.78 is 5.38. The summed E-state index contributed by atoms with van der Waals surface area (Å²) in [5.74, 6) is -0.0977. The standard InChI is InChI=1S/C15H8ClNO5/c16-11-4-1-8(5-12(11)17(20)21)6-14-15(19)10-3-2-9(18)7-13(10)22-14/h1-7,18H/b14-6-. The highest BCUT2D eigenvalue weighted by Crippen LogP contribution is 2.35. The van der Waals surface area contributed by atoms with E-state index >= 15 is 0 Å². The minimum absolute atomic E-state index is 0.0130. The molecule has 0 atom stereocenters. The number of nitrogens with zero attached hydrogens (tertiary/aromatic N) is 1. The van der Waals surface area contributed by atoms with E-state index < -0.39 is 4.92 Å². The Morgan fingerprint density at radius 1 is 1.23 bits per heavy atom. The SMILES string of the molecule is O=C1/C(=C/c2ccc(Cl)c([N+](=O)[O-])c2)Oc2cc(O)ccc21. The zero-order valence-corrected chi connectivity index (χ0v) is 11.7. The highest BCUT2D eigenvalue weighted by Gasteiger charge is 2.27. The summed E-state index contributed by atoms with van der Waals surface area (Å²) in [5.41, 5.74) is 0.487. The van der Waals surface area contributed by atoms with Crippen molar-refractivity contribution in [3.8, 4) is 11.5 Å². The molecular formula is C15H8ClNO5. The Hall–Kier alpha value is -2.86. The van der Waals surface area contributed by atoms with E-state index in [-0.39, 0.29) is 33.8 Å². The van der Waals surface area contributed by atoms with Gasteiger partial charge in [0, 0.05) is 12.1 Å². The number of phenolic OH excluding ortho intramolecular Hbond substituents is 1. The fourth-order valence-electron chi connectivity index (χ4n) is 2.09. The Labute approximate surface area is 129 Å². The predicted molar refractivity (Wildman–Crippen MR) is 79.1 cm³/mol. The normalized spacial score (nSPS) is 14.8. The Morgan fingerprint density at radius 3 is 2.73 bits per heavy atom. The van der Waals surface area contributed by atoms with Gasteiger partial charge in [-0.25, -0.2) is 0 Å². The van der Waals surface area contributed by atoms with E-state index in [1.165, 1.54) is 36.4 Å². The van der Waals surface area contributed by atoms with Crippen LogP contribution in [0.3, 0.4) is 0 Å². The number of hydrogen-bond acceptors (Lipinski definition) is 5. The average Bonchev–Trinajstić information content (AvgIpc) is 2.76. The fourth-order valence-corrected chi connectivity index (χ4v) is 2.27. The largest absolute Gasteiger partial charge is 0.508 e. The van der Waals surface area contributed by atoms with Crippen LogP contribution < -0.4 is 4.74 Å². The van der Waals surface area contributed by atoms with Crippen LogP contribution in [-0.2, 0) is 0 Å². The molecule has 2 aromatic carbocycles. The Balaban J connectivity index is 1.99. The molecule has 6 nitrogen and oxygen atoms in total. The second kappa shape index (κ2) is 5.16. The van der Waals surface area contributed by atoms with Crippen LogP contribution in [0.25, 0.3) is 6.08 Å². The van der Waals surface area contributed by atoms with Gasteiger partial charge >= 0.3 is 0 Å². The second-order valence-corrected chi connectivity index (χ2v) is 5.00. The first-order valence-corrected chi connectivity index (χ1v) is 6.55. The van der Waals surface area contributed by atoms with Crippen molar-refractivity contribution in [1.82, 2.24) is 0 Å². The molecule has 110 valence electrons. The van der Waals surface area contributed by atoms with Gasteiger partial charge in [0.05, 0.1) is 10.5 Å². The maximum atomic E-state index is 12.2. The third-order valence-electron chi connectivity index (χ3n) is 3.12. The molecule has 0 saturated heterocycles. The molecule has 3 rings (SSSR count). The van der Waals surface area contributed by atoms with Crippen molar-refractivity contribution in [3.63, 3.8) is 0 Å². The molecule has 0 aliphatic carbocycles. The number of allylic oxidation sites excluding steroid dienone is 1. The van der Waals surface area contributed by atoms with Crippen LogP contribution in [-0.4, -0.2) is 15.8 Å². The second-order valence-electron chi connectivity index (χ2n) is 4.59. The minimum Gasteiger partial charge on any atom is -0.508 e. The zero-order chi connectivity index (χ0) is 15.9. The number of rotatable bonds is 2. The lowest BCUT2D eigenvalue weighted by atomic mass is 10.1. The summed E-state index contributed by atoms with van der Waals surface area (Å²) in [5, 5.41) is 20.3. The molecule has 2 aromatic rings. The summed E-state index contributed by atoms with van der Waals surface area (Å²) in [4.78, 5) is 22.4.